The summed E-state index contributed by atoms with van der Waals surface area (Å²) in [7, 11) is 0. The Hall–Kier alpha value is -1.02. The van der Waals surface area contributed by atoms with E-state index in [2.05, 4.69) is 43.4 Å². The maximum absolute atomic E-state index is 6.09. The van der Waals surface area contributed by atoms with Crippen LogP contribution < -0.4 is 11.1 Å². The molecule has 0 spiro atoms. The minimum atomic E-state index is 0.121. The molecule has 1 aliphatic carbocycles. The lowest BCUT2D eigenvalue weighted by molar-refractivity contribution is 0.247. The van der Waals surface area contributed by atoms with Gasteiger partial charge in [-0.05, 0) is 50.2 Å². The van der Waals surface area contributed by atoms with Crippen molar-refractivity contribution in [3.05, 3.63) is 29.8 Å². The van der Waals surface area contributed by atoms with Gasteiger partial charge in [-0.1, -0.05) is 38.0 Å². The molecule has 0 atom stereocenters. The van der Waals surface area contributed by atoms with Gasteiger partial charge in [0.1, 0.15) is 0 Å². The molecule has 2 rings (SSSR count). The molecule has 0 bridgehead atoms. The highest BCUT2D eigenvalue weighted by Crippen LogP contribution is 2.36. The summed E-state index contributed by atoms with van der Waals surface area (Å²) in [6.07, 6.45) is 7.76. The third kappa shape index (κ3) is 3.50. The maximum Gasteiger partial charge on any atom is 0.0496 e. The van der Waals surface area contributed by atoms with E-state index in [1.807, 2.05) is 0 Å². The van der Waals surface area contributed by atoms with E-state index in [4.69, 9.17) is 5.73 Å². The van der Waals surface area contributed by atoms with Crippen LogP contribution in [-0.4, -0.2) is 12.1 Å². The molecule has 1 aliphatic rings. The normalized spacial score (nSPS) is 27.2. The van der Waals surface area contributed by atoms with Crippen LogP contribution in [0.15, 0.2) is 24.3 Å². The Kier molecular flexibility index (Phi) is 4.87. The maximum atomic E-state index is 6.09. The average molecular weight is 260 g/mol. The molecule has 0 heterocycles. The molecule has 2 nitrogen and oxygen atoms in total. The first-order chi connectivity index (χ1) is 9.19. The summed E-state index contributed by atoms with van der Waals surface area (Å²) in [5.74, 6) is 0.920. The van der Waals surface area contributed by atoms with Crippen LogP contribution in [0.1, 0.15) is 51.0 Å². The van der Waals surface area contributed by atoms with Gasteiger partial charge in [0.15, 0.2) is 0 Å². The fourth-order valence-electron chi connectivity index (χ4n) is 3.31. The molecule has 0 saturated heterocycles. The number of nitrogens with two attached hydrogens (primary N) is 1. The fourth-order valence-corrected chi connectivity index (χ4v) is 3.31. The van der Waals surface area contributed by atoms with Crippen LogP contribution in [0.25, 0.3) is 0 Å². The van der Waals surface area contributed by atoms with E-state index in [1.165, 1.54) is 49.8 Å². The minimum absolute atomic E-state index is 0.121. The molecule has 1 aromatic carbocycles. The van der Waals surface area contributed by atoms with Crippen LogP contribution in [-0.2, 0) is 0 Å². The summed E-state index contributed by atoms with van der Waals surface area (Å²) >= 11 is 0. The standard InChI is InChI=1S/C17H28N2/c1-3-6-15-9-11-17(13-18,12-10-15)19-16-8-5-4-7-14(16)2/h4-5,7-8,15,19H,3,6,9-13,18H2,1-2H3. The first-order valence-electron chi connectivity index (χ1n) is 7.73. The molecule has 0 aliphatic heterocycles. The SMILES string of the molecule is CCCC1CCC(CN)(Nc2ccccc2C)CC1. The van der Waals surface area contributed by atoms with Crippen LogP contribution in [0.3, 0.4) is 0 Å². The molecule has 0 unspecified atom stereocenters. The molecule has 1 aromatic rings. The van der Waals surface area contributed by atoms with Crippen molar-refractivity contribution in [2.45, 2.75) is 57.9 Å². The highest BCUT2D eigenvalue weighted by Gasteiger charge is 2.33. The van der Waals surface area contributed by atoms with Crippen LogP contribution in [0.5, 0.6) is 0 Å². The van der Waals surface area contributed by atoms with Gasteiger partial charge in [0.05, 0.1) is 0 Å². The van der Waals surface area contributed by atoms with E-state index < -0.39 is 0 Å². The van der Waals surface area contributed by atoms with Gasteiger partial charge >= 0.3 is 0 Å². The molecule has 0 radical (unpaired) electrons. The van der Waals surface area contributed by atoms with Crippen LogP contribution in [0, 0.1) is 12.8 Å². The van der Waals surface area contributed by atoms with Gasteiger partial charge in [-0.2, -0.15) is 0 Å². The number of anilines is 1. The third-order valence-corrected chi connectivity index (χ3v) is 4.69. The molecular formula is C17H28N2. The number of aryl methyl sites for hydroxylation is 1. The van der Waals surface area contributed by atoms with Crippen LogP contribution in [0.4, 0.5) is 5.69 Å². The largest absolute Gasteiger partial charge is 0.378 e. The summed E-state index contributed by atoms with van der Waals surface area (Å²) < 4.78 is 0. The average Bonchev–Trinajstić information content (AvgIpc) is 2.44. The van der Waals surface area contributed by atoms with Crippen molar-refractivity contribution in [1.82, 2.24) is 0 Å². The van der Waals surface area contributed by atoms with E-state index in [0.29, 0.717) is 0 Å². The Morgan fingerprint density at radius 1 is 1.26 bits per heavy atom. The van der Waals surface area contributed by atoms with E-state index in [9.17, 15) is 0 Å². The fraction of sp³-hybridized carbons (Fsp3) is 0.647. The summed E-state index contributed by atoms with van der Waals surface area (Å²) in [6, 6.07) is 8.52. The summed E-state index contributed by atoms with van der Waals surface area (Å²) in [5.41, 5.74) is 8.78. The van der Waals surface area contributed by atoms with Crippen molar-refractivity contribution in [2.24, 2.45) is 11.7 Å². The van der Waals surface area contributed by atoms with E-state index in [-0.39, 0.29) is 5.54 Å². The van der Waals surface area contributed by atoms with E-state index >= 15 is 0 Å². The number of hydrogen-bond donors (Lipinski definition) is 2. The number of rotatable bonds is 5. The molecule has 3 N–H and O–H groups in total. The Morgan fingerprint density at radius 3 is 2.53 bits per heavy atom. The Morgan fingerprint density at radius 2 is 1.95 bits per heavy atom. The lowest BCUT2D eigenvalue weighted by Gasteiger charge is -2.41. The predicted molar refractivity (Wildman–Crippen MR) is 83.5 cm³/mol. The summed E-state index contributed by atoms with van der Waals surface area (Å²) in [4.78, 5) is 0. The van der Waals surface area contributed by atoms with Gasteiger partial charge < -0.3 is 11.1 Å². The Labute approximate surface area is 117 Å². The highest BCUT2D eigenvalue weighted by atomic mass is 15.0. The predicted octanol–water partition coefficient (Wildman–Crippen LogP) is 4.09. The van der Waals surface area contributed by atoms with E-state index in [1.54, 1.807) is 0 Å². The zero-order chi connectivity index (χ0) is 13.7. The molecule has 0 amide bonds. The second kappa shape index (κ2) is 6.42. The number of nitrogens with one attached hydrogen (secondary N) is 1. The highest BCUT2D eigenvalue weighted by molar-refractivity contribution is 5.52. The summed E-state index contributed by atoms with van der Waals surface area (Å²) in [5, 5.41) is 3.75. The zero-order valence-corrected chi connectivity index (χ0v) is 12.4. The van der Waals surface area contributed by atoms with Crippen molar-refractivity contribution < 1.29 is 0 Å². The second-order valence-electron chi connectivity index (χ2n) is 6.16. The minimum Gasteiger partial charge on any atom is -0.378 e. The van der Waals surface area contributed by atoms with E-state index in [0.717, 1.165) is 12.5 Å². The van der Waals surface area contributed by atoms with Crippen molar-refractivity contribution >= 4 is 5.69 Å². The molecule has 1 fully saturated rings. The monoisotopic (exact) mass is 260 g/mol. The van der Waals surface area contributed by atoms with Crippen molar-refractivity contribution in [1.29, 1.82) is 0 Å². The smallest absolute Gasteiger partial charge is 0.0496 e. The second-order valence-corrected chi connectivity index (χ2v) is 6.16. The van der Waals surface area contributed by atoms with Crippen molar-refractivity contribution in [3.8, 4) is 0 Å². The van der Waals surface area contributed by atoms with Gasteiger partial charge in [-0.25, -0.2) is 0 Å². The van der Waals surface area contributed by atoms with Crippen LogP contribution >= 0.6 is 0 Å². The molecule has 1 saturated carbocycles. The number of hydrogen-bond acceptors (Lipinski definition) is 2. The summed E-state index contributed by atoms with van der Waals surface area (Å²) in [6.45, 7) is 5.19. The Bertz CT molecular complexity index is 392. The van der Waals surface area contributed by atoms with Gasteiger partial charge in [0, 0.05) is 17.8 Å². The first-order valence-corrected chi connectivity index (χ1v) is 7.73. The first kappa shape index (κ1) is 14.4. The molecular weight excluding hydrogens is 232 g/mol. The Balaban J connectivity index is 2.02. The van der Waals surface area contributed by atoms with Crippen LogP contribution in [0.2, 0.25) is 0 Å². The quantitative estimate of drug-likeness (QED) is 0.836. The van der Waals surface area contributed by atoms with Crippen molar-refractivity contribution in [3.63, 3.8) is 0 Å². The topological polar surface area (TPSA) is 38.0 Å². The zero-order valence-electron chi connectivity index (χ0n) is 12.4. The lowest BCUT2D eigenvalue weighted by Crippen LogP contribution is -2.48. The van der Waals surface area contributed by atoms with Gasteiger partial charge in [0.25, 0.3) is 0 Å². The third-order valence-electron chi connectivity index (χ3n) is 4.69. The lowest BCUT2D eigenvalue weighted by atomic mass is 9.75. The molecule has 0 aromatic heterocycles. The van der Waals surface area contributed by atoms with Crippen molar-refractivity contribution in [2.75, 3.05) is 11.9 Å². The number of benzene rings is 1. The van der Waals surface area contributed by atoms with Gasteiger partial charge in [-0.3, -0.25) is 0 Å². The van der Waals surface area contributed by atoms with Gasteiger partial charge in [0.2, 0.25) is 0 Å². The molecule has 19 heavy (non-hydrogen) atoms. The molecule has 2 heteroatoms. The number of para-hydroxylation sites is 1. The van der Waals surface area contributed by atoms with Gasteiger partial charge in [-0.15, -0.1) is 0 Å². The molecule has 106 valence electrons.